The Morgan fingerprint density at radius 2 is 2.10 bits per heavy atom. The van der Waals surface area contributed by atoms with Crippen LogP contribution in [-0.2, 0) is 17.6 Å². The number of amides is 1. The highest BCUT2D eigenvalue weighted by Gasteiger charge is 2.23. The summed E-state index contributed by atoms with van der Waals surface area (Å²) in [5, 5.41) is 4.69. The fourth-order valence-electron chi connectivity index (χ4n) is 3.75. The summed E-state index contributed by atoms with van der Waals surface area (Å²) in [4.78, 5) is 32.2. The van der Waals surface area contributed by atoms with Crippen molar-refractivity contribution in [3.05, 3.63) is 50.9 Å². The van der Waals surface area contributed by atoms with Gasteiger partial charge < -0.3 is 9.47 Å². The molecule has 1 aliphatic rings. The molecule has 9 heteroatoms. The van der Waals surface area contributed by atoms with Crippen molar-refractivity contribution in [1.82, 2.24) is 15.0 Å². The number of carbonyl (C=O) groups is 1. The summed E-state index contributed by atoms with van der Waals surface area (Å²) < 4.78 is 11.9. The molecule has 3 aromatic rings. The highest BCUT2D eigenvalue weighted by molar-refractivity contribution is 7.18. The number of hydrazone groups is 1. The lowest BCUT2D eigenvalue weighted by atomic mass is 9.97. The second-order valence-electron chi connectivity index (χ2n) is 7.37. The van der Waals surface area contributed by atoms with Crippen molar-refractivity contribution in [3.63, 3.8) is 0 Å². The fourth-order valence-corrected chi connectivity index (χ4v) is 4.96. The van der Waals surface area contributed by atoms with E-state index in [4.69, 9.17) is 9.47 Å². The molecule has 1 N–H and O–H groups in total. The van der Waals surface area contributed by atoms with Crippen molar-refractivity contribution >= 4 is 33.7 Å². The zero-order chi connectivity index (χ0) is 22.0. The summed E-state index contributed by atoms with van der Waals surface area (Å²) in [6.07, 6.45) is 7.05. The van der Waals surface area contributed by atoms with E-state index in [0.29, 0.717) is 22.4 Å². The van der Waals surface area contributed by atoms with E-state index in [1.165, 1.54) is 22.0 Å². The van der Waals surface area contributed by atoms with Gasteiger partial charge in [0.05, 0.1) is 32.1 Å². The molecule has 0 saturated carbocycles. The molecular formula is C22H24N4O4S. The maximum absolute atomic E-state index is 13.1. The number of rotatable bonds is 6. The largest absolute Gasteiger partial charge is 0.497 e. The number of aromatic nitrogens is 2. The van der Waals surface area contributed by atoms with Gasteiger partial charge >= 0.3 is 0 Å². The van der Waals surface area contributed by atoms with Crippen molar-refractivity contribution in [1.29, 1.82) is 0 Å². The van der Waals surface area contributed by atoms with Gasteiger partial charge in [-0.3, -0.25) is 14.2 Å². The van der Waals surface area contributed by atoms with Crippen molar-refractivity contribution in [2.75, 3.05) is 14.2 Å². The van der Waals surface area contributed by atoms with Gasteiger partial charge in [-0.2, -0.15) is 5.10 Å². The number of hydrogen-bond donors (Lipinski definition) is 1. The van der Waals surface area contributed by atoms with Crippen LogP contribution in [0.25, 0.3) is 10.2 Å². The van der Waals surface area contributed by atoms with Gasteiger partial charge in [-0.15, -0.1) is 11.3 Å². The van der Waals surface area contributed by atoms with E-state index in [-0.39, 0.29) is 5.56 Å². The summed E-state index contributed by atoms with van der Waals surface area (Å²) in [7, 11) is 3.12. The Bertz CT molecular complexity index is 1210. The predicted octanol–water partition coefficient (Wildman–Crippen LogP) is 3.07. The first kappa shape index (κ1) is 21.0. The first-order chi connectivity index (χ1) is 15.0. The van der Waals surface area contributed by atoms with Gasteiger partial charge in [0.15, 0.2) is 0 Å². The second kappa shape index (κ2) is 8.89. The Labute approximate surface area is 183 Å². The van der Waals surface area contributed by atoms with Gasteiger partial charge in [-0.05, 0) is 50.3 Å². The molecule has 1 atom stereocenters. The van der Waals surface area contributed by atoms with Crippen LogP contribution in [0.1, 0.15) is 41.8 Å². The molecule has 31 heavy (non-hydrogen) atoms. The molecule has 2 aromatic heterocycles. The van der Waals surface area contributed by atoms with Crippen LogP contribution in [0.15, 0.2) is 34.4 Å². The van der Waals surface area contributed by atoms with Crippen LogP contribution in [0.2, 0.25) is 0 Å². The lowest BCUT2D eigenvalue weighted by Crippen LogP contribution is -2.34. The number of aryl methyl sites for hydroxylation is 2. The van der Waals surface area contributed by atoms with Crippen molar-refractivity contribution in [3.8, 4) is 11.5 Å². The van der Waals surface area contributed by atoms with E-state index >= 15 is 0 Å². The minimum absolute atomic E-state index is 0.173. The SMILES string of the molecule is COc1ccc(/C=N\NC(=O)C(C)n2cnc3sc4c(c3c2=O)CCCC4)c(OC)c1. The number of benzene rings is 1. The second-order valence-corrected chi connectivity index (χ2v) is 8.45. The van der Waals surface area contributed by atoms with E-state index in [1.54, 1.807) is 50.7 Å². The number of nitrogens with zero attached hydrogens (tertiary/aromatic N) is 3. The average molecular weight is 441 g/mol. The lowest BCUT2D eigenvalue weighted by molar-refractivity contribution is -0.123. The molecule has 1 amide bonds. The summed E-state index contributed by atoms with van der Waals surface area (Å²) in [5.74, 6) is 0.819. The maximum atomic E-state index is 13.1. The van der Waals surface area contributed by atoms with Gasteiger partial charge in [0.2, 0.25) is 0 Å². The number of carbonyl (C=O) groups excluding carboxylic acids is 1. The Morgan fingerprint density at radius 1 is 1.29 bits per heavy atom. The van der Waals surface area contributed by atoms with Gasteiger partial charge in [-0.25, -0.2) is 10.4 Å². The summed E-state index contributed by atoms with van der Waals surface area (Å²) >= 11 is 1.59. The zero-order valence-electron chi connectivity index (χ0n) is 17.7. The summed E-state index contributed by atoms with van der Waals surface area (Å²) in [6, 6.07) is 4.53. The summed E-state index contributed by atoms with van der Waals surface area (Å²) in [6.45, 7) is 1.66. The van der Waals surface area contributed by atoms with E-state index in [0.717, 1.165) is 36.1 Å². The van der Waals surface area contributed by atoms with Gasteiger partial charge in [-0.1, -0.05) is 0 Å². The molecule has 0 aliphatic heterocycles. The maximum Gasteiger partial charge on any atom is 0.263 e. The third kappa shape index (κ3) is 4.05. The molecule has 1 aliphatic carbocycles. The van der Waals surface area contributed by atoms with E-state index in [1.807, 2.05) is 0 Å². The smallest absolute Gasteiger partial charge is 0.263 e. The molecule has 162 valence electrons. The van der Waals surface area contributed by atoms with Crippen LogP contribution in [0.4, 0.5) is 0 Å². The van der Waals surface area contributed by atoms with Crippen LogP contribution in [0.5, 0.6) is 11.5 Å². The molecule has 0 spiro atoms. The van der Waals surface area contributed by atoms with Crippen LogP contribution < -0.4 is 20.5 Å². The first-order valence-corrected chi connectivity index (χ1v) is 10.9. The van der Waals surface area contributed by atoms with Crippen molar-refractivity contribution in [2.24, 2.45) is 5.10 Å². The molecule has 0 bridgehead atoms. The van der Waals surface area contributed by atoms with Crippen LogP contribution in [-0.4, -0.2) is 35.9 Å². The quantitative estimate of drug-likeness (QED) is 0.470. The molecule has 0 radical (unpaired) electrons. The minimum atomic E-state index is -0.751. The number of nitrogens with one attached hydrogen (secondary N) is 1. The standard InChI is InChI=1S/C22H24N4O4S/c1-13(20(27)25-24-11-14-8-9-15(29-2)10-17(14)30-3)26-12-23-21-19(22(26)28)16-6-4-5-7-18(16)31-21/h8-13H,4-7H2,1-3H3,(H,25,27)/b24-11-. The normalized spacial score (nSPS) is 14.4. The predicted molar refractivity (Wildman–Crippen MR) is 121 cm³/mol. The molecule has 4 rings (SSSR count). The lowest BCUT2D eigenvalue weighted by Gasteiger charge is -2.14. The van der Waals surface area contributed by atoms with Gasteiger partial charge in [0.25, 0.3) is 11.5 Å². The highest BCUT2D eigenvalue weighted by Crippen LogP contribution is 2.33. The molecule has 2 heterocycles. The number of ether oxygens (including phenoxy) is 2. The van der Waals surface area contributed by atoms with E-state index in [2.05, 4.69) is 15.5 Å². The Kier molecular flexibility index (Phi) is 6.03. The van der Waals surface area contributed by atoms with Gasteiger partial charge in [0, 0.05) is 16.5 Å². The monoisotopic (exact) mass is 440 g/mol. The molecule has 0 saturated heterocycles. The van der Waals surface area contributed by atoms with E-state index < -0.39 is 11.9 Å². The fraction of sp³-hybridized carbons (Fsp3) is 0.364. The van der Waals surface area contributed by atoms with Gasteiger partial charge in [0.1, 0.15) is 22.4 Å². The third-order valence-corrected chi connectivity index (χ3v) is 6.72. The van der Waals surface area contributed by atoms with Crippen molar-refractivity contribution in [2.45, 2.75) is 38.6 Å². The number of thiophene rings is 1. The zero-order valence-corrected chi connectivity index (χ0v) is 18.5. The molecule has 1 unspecified atom stereocenters. The molecule has 8 nitrogen and oxygen atoms in total. The van der Waals surface area contributed by atoms with E-state index in [9.17, 15) is 9.59 Å². The molecule has 1 aromatic carbocycles. The van der Waals surface area contributed by atoms with Crippen LogP contribution in [0, 0.1) is 0 Å². The van der Waals surface area contributed by atoms with Crippen LogP contribution in [0.3, 0.4) is 0 Å². The Morgan fingerprint density at radius 3 is 2.87 bits per heavy atom. The number of hydrogen-bond acceptors (Lipinski definition) is 7. The van der Waals surface area contributed by atoms with Crippen molar-refractivity contribution < 1.29 is 14.3 Å². The molecular weight excluding hydrogens is 416 g/mol. The molecule has 0 fully saturated rings. The average Bonchev–Trinajstić information content (AvgIpc) is 3.18. The number of fused-ring (bicyclic) bond motifs is 3. The third-order valence-electron chi connectivity index (χ3n) is 5.52. The summed E-state index contributed by atoms with van der Waals surface area (Å²) in [5.41, 5.74) is 4.11. The Hall–Kier alpha value is -3.20. The van der Waals surface area contributed by atoms with Crippen LogP contribution >= 0.6 is 11.3 Å². The highest BCUT2D eigenvalue weighted by atomic mass is 32.1. The number of methoxy groups -OCH3 is 2. The Balaban J connectivity index is 1.53. The topological polar surface area (TPSA) is 94.8 Å². The minimum Gasteiger partial charge on any atom is -0.497 e. The first-order valence-electron chi connectivity index (χ1n) is 10.1.